The van der Waals surface area contributed by atoms with Gasteiger partial charge in [0, 0.05) is 18.2 Å². The molecule has 120 valence electrons. The van der Waals surface area contributed by atoms with Crippen LogP contribution in [-0.2, 0) is 4.79 Å². The van der Waals surface area contributed by atoms with Crippen LogP contribution < -0.4 is 10.6 Å². The molecule has 0 radical (unpaired) electrons. The number of amides is 2. The van der Waals surface area contributed by atoms with E-state index in [1.807, 2.05) is 32.9 Å². The third kappa shape index (κ3) is 4.42. The summed E-state index contributed by atoms with van der Waals surface area (Å²) in [6.45, 7) is 7.50. The lowest BCUT2D eigenvalue weighted by atomic mass is 10.00. The first-order valence-corrected chi connectivity index (χ1v) is 7.62. The quantitative estimate of drug-likeness (QED) is 0.903. The van der Waals surface area contributed by atoms with Crippen LogP contribution in [0.15, 0.2) is 42.5 Å². The Morgan fingerprint density at radius 3 is 2.43 bits per heavy atom. The van der Waals surface area contributed by atoms with Crippen LogP contribution in [-0.4, -0.2) is 11.8 Å². The highest BCUT2D eigenvalue weighted by molar-refractivity contribution is 5.97. The lowest BCUT2D eigenvalue weighted by Gasteiger charge is -2.17. The molecule has 2 N–H and O–H groups in total. The monoisotopic (exact) mass is 310 g/mol. The summed E-state index contributed by atoms with van der Waals surface area (Å²) in [6, 6.07) is 13.0. The summed E-state index contributed by atoms with van der Waals surface area (Å²) in [5, 5.41) is 5.68. The molecule has 0 bridgehead atoms. The van der Waals surface area contributed by atoms with Crippen LogP contribution in [0, 0.1) is 13.8 Å². The molecule has 0 aromatic heterocycles. The second-order valence-corrected chi connectivity index (χ2v) is 5.82. The summed E-state index contributed by atoms with van der Waals surface area (Å²) in [5.41, 5.74) is 4.59. The molecule has 0 saturated heterocycles. The van der Waals surface area contributed by atoms with Gasteiger partial charge >= 0.3 is 0 Å². The summed E-state index contributed by atoms with van der Waals surface area (Å²) < 4.78 is 0. The Morgan fingerprint density at radius 2 is 1.78 bits per heavy atom. The van der Waals surface area contributed by atoms with Gasteiger partial charge in [-0.15, -0.1) is 0 Å². The van der Waals surface area contributed by atoms with Gasteiger partial charge in [0.05, 0.1) is 6.04 Å². The number of hydrogen-bond donors (Lipinski definition) is 2. The van der Waals surface area contributed by atoms with E-state index in [2.05, 4.69) is 16.7 Å². The van der Waals surface area contributed by atoms with Crippen molar-refractivity contribution in [3.63, 3.8) is 0 Å². The fraction of sp³-hybridized carbons (Fsp3) is 0.263. The lowest BCUT2D eigenvalue weighted by Crippen LogP contribution is -2.27. The molecule has 0 aliphatic heterocycles. The van der Waals surface area contributed by atoms with Crippen molar-refractivity contribution in [3.8, 4) is 0 Å². The van der Waals surface area contributed by atoms with Gasteiger partial charge in [-0.1, -0.05) is 29.8 Å². The van der Waals surface area contributed by atoms with E-state index in [9.17, 15) is 9.59 Å². The molecule has 0 aliphatic carbocycles. The highest BCUT2D eigenvalue weighted by atomic mass is 16.2. The van der Waals surface area contributed by atoms with Gasteiger partial charge in [0.15, 0.2) is 0 Å². The van der Waals surface area contributed by atoms with Crippen LogP contribution in [0.25, 0.3) is 0 Å². The van der Waals surface area contributed by atoms with Gasteiger partial charge in [0.2, 0.25) is 5.91 Å². The Hall–Kier alpha value is -2.62. The molecule has 2 aromatic rings. The number of carbonyl (C=O) groups excluding carboxylic acids is 2. The van der Waals surface area contributed by atoms with E-state index in [0.717, 1.165) is 11.1 Å². The predicted octanol–water partition coefficient (Wildman–Crippen LogP) is 3.75. The number of aryl methyl sites for hydroxylation is 2. The molecule has 0 unspecified atom stereocenters. The lowest BCUT2D eigenvalue weighted by molar-refractivity contribution is -0.114. The Kier molecular flexibility index (Phi) is 5.16. The summed E-state index contributed by atoms with van der Waals surface area (Å²) in [7, 11) is 0. The smallest absolute Gasteiger partial charge is 0.251 e. The Bertz CT molecular complexity index is 738. The molecule has 0 aliphatic rings. The number of anilines is 1. The topological polar surface area (TPSA) is 58.2 Å². The number of rotatable bonds is 4. The van der Waals surface area contributed by atoms with E-state index in [4.69, 9.17) is 0 Å². The summed E-state index contributed by atoms with van der Waals surface area (Å²) in [5.74, 6) is -0.323. The van der Waals surface area contributed by atoms with Crippen molar-refractivity contribution in [3.05, 3.63) is 64.7 Å². The van der Waals surface area contributed by atoms with Gasteiger partial charge in [-0.05, 0) is 50.1 Å². The van der Waals surface area contributed by atoms with Crippen molar-refractivity contribution < 1.29 is 9.59 Å². The maximum absolute atomic E-state index is 12.4. The van der Waals surface area contributed by atoms with Gasteiger partial charge < -0.3 is 10.6 Å². The van der Waals surface area contributed by atoms with Crippen molar-refractivity contribution in [1.82, 2.24) is 5.32 Å². The second kappa shape index (κ2) is 7.09. The fourth-order valence-corrected chi connectivity index (χ4v) is 2.61. The molecule has 23 heavy (non-hydrogen) atoms. The maximum Gasteiger partial charge on any atom is 0.251 e. The zero-order valence-corrected chi connectivity index (χ0v) is 13.9. The van der Waals surface area contributed by atoms with Gasteiger partial charge in [-0.3, -0.25) is 9.59 Å². The molecule has 2 amide bonds. The minimum atomic E-state index is -0.162. The molecule has 4 nitrogen and oxygen atoms in total. The van der Waals surface area contributed by atoms with Gasteiger partial charge in [0.25, 0.3) is 5.91 Å². The van der Waals surface area contributed by atoms with Crippen molar-refractivity contribution in [2.45, 2.75) is 33.7 Å². The molecule has 2 rings (SSSR count). The highest BCUT2D eigenvalue weighted by Crippen LogP contribution is 2.19. The largest absolute Gasteiger partial charge is 0.346 e. The normalized spacial score (nSPS) is 11.7. The molecule has 1 atom stereocenters. The molecule has 0 fully saturated rings. The number of benzene rings is 2. The van der Waals surface area contributed by atoms with Crippen molar-refractivity contribution >= 4 is 17.5 Å². The molecule has 0 heterocycles. The molecule has 0 spiro atoms. The maximum atomic E-state index is 12.4. The van der Waals surface area contributed by atoms with Crippen LogP contribution >= 0.6 is 0 Å². The number of carbonyl (C=O) groups is 2. The molecule has 2 aromatic carbocycles. The van der Waals surface area contributed by atoms with Crippen molar-refractivity contribution in [2.75, 3.05) is 5.32 Å². The van der Waals surface area contributed by atoms with Gasteiger partial charge in [-0.25, -0.2) is 0 Å². The molecule has 0 saturated carbocycles. The highest BCUT2D eigenvalue weighted by Gasteiger charge is 2.13. The molecular formula is C19H22N2O2. The van der Waals surface area contributed by atoms with Gasteiger partial charge in [0.1, 0.15) is 0 Å². The van der Waals surface area contributed by atoms with E-state index in [1.54, 1.807) is 24.3 Å². The first-order chi connectivity index (χ1) is 10.9. The Morgan fingerprint density at radius 1 is 1.04 bits per heavy atom. The average molecular weight is 310 g/mol. The van der Waals surface area contributed by atoms with Crippen LogP contribution in [0.5, 0.6) is 0 Å². The predicted molar refractivity (Wildman–Crippen MR) is 92.5 cm³/mol. The van der Waals surface area contributed by atoms with Gasteiger partial charge in [-0.2, -0.15) is 0 Å². The van der Waals surface area contributed by atoms with E-state index >= 15 is 0 Å². The van der Waals surface area contributed by atoms with E-state index in [-0.39, 0.29) is 17.9 Å². The molecular weight excluding hydrogens is 288 g/mol. The average Bonchev–Trinajstić information content (AvgIpc) is 2.46. The first-order valence-electron chi connectivity index (χ1n) is 7.62. The fourth-order valence-electron chi connectivity index (χ4n) is 2.61. The third-order valence-corrected chi connectivity index (χ3v) is 3.68. The first kappa shape index (κ1) is 16.7. The van der Waals surface area contributed by atoms with E-state index < -0.39 is 0 Å². The molecule has 4 heteroatoms. The van der Waals surface area contributed by atoms with Crippen LogP contribution in [0.1, 0.15) is 46.9 Å². The SMILES string of the molecule is CC(=O)Nc1cccc(C(=O)N[C@@H](C)c2ccc(C)cc2C)c1. The van der Waals surface area contributed by atoms with E-state index in [1.165, 1.54) is 12.5 Å². The minimum Gasteiger partial charge on any atom is -0.346 e. The summed E-state index contributed by atoms with van der Waals surface area (Å²) >= 11 is 0. The zero-order valence-electron chi connectivity index (χ0n) is 13.9. The Balaban J connectivity index is 2.13. The van der Waals surface area contributed by atoms with Crippen LogP contribution in [0.2, 0.25) is 0 Å². The zero-order chi connectivity index (χ0) is 17.0. The van der Waals surface area contributed by atoms with Crippen molar-refractivity contribution in [2.24, 2.45) is 0 Å². The summed E-state index contributed by atoms with van der Waals surface area (Å²) in [6.07, 6.45) is 0. The second-order valence-electron chi connectivity index (χ2n) is 5.82. The van der Waals surface area contributed by atoms with E-state index in [0.29, 0.717) is 11.3 Å². The number of hydrogen-bond acceptors (Lipinski definition) is 2. The summed E-state index contributed by atoms with van der Waals surface area (Å²) in [4.78, 5) is 23.5. The minimum absolute atomic E-state index is 0.0903. The van der Waals surface area contributed by atoms with Crippen LogP contribution in [0.3, 0.4) is 0 Å². The standard InChI is InChI=1S/C19H22N2O2/c1-12-8-9-18(13(2)10-12)14(3)20-19(23)16-6-5-7-17(11-16)21-15(4)22/h5-11,14H,1-4H3,(H,20,23)(H,21,22)/t14-/m0/s1. The number of nitrogens with one attached hydrogen (secondary N) is 2. The third-order valence-electron chi connectivity index (χ3n) is 3.68. The Labute approximate surface area is 136 Å². The van der Waals surface area contributed by atoms with Crippen molar-refractivity contribution in [1.29, 1.82) is 0 Å². The van der Waals surface area contributed by atoms with Crippen LogP contribution in [0.4, 0.5) is 5.69 Å².